The van der Waals surface area contributed by atoms with Crippen molar-refractivity contribution >= 4 is 11.8 Å². The number of rotatable bonds is 8. The third-order valence-corrected chi connectivity index (χ3v) is 7.78. The lowest BCUT2D eigenvalue weighted by Gasteiger charge is -2.43. The fourth-order valence-corrected chi connectivity index (χ4v) is 5.29. The molecule has 0 spiro atoms. The van der Waals surface area contributed by atoms with E-state index < -0.39 is 0 Å². The first-order valence-corrected chi connectivity index (χ1v) is 13.1. The predicted molar refractivity (Wildman–Crippen MR) is 138 cm³/mol. The van der Waals surface area contributed by atoms with Crippen LogP contribution in [0.1, 0.15) is 44.1 Å². The average Bonchev–Trinajstić information content (AvgIpc) is 2.90. The molecule has 0 N–H and O–H groups in total. The van der Waals surface area contributed by atoms with Crippen LogP contribution in [0.4, 0.5) is 4.39 Å². The molecule has 0 radical (unpaired) electrons. The van der Waals surface area contributed by atoms with Crippen LogP contribution in [0.3, 0.4) is 0 Å². The molecule has 2 aliphatic rings. The predicted octanol–water partition coefficient (Wildman–Crippen LogP) is 4.17. The summed E-state index contributed by atoms with van der Waals surface area (Å²) in [5, 5.41) is 0. The number of hydrogen-bond donors (Lipinski definition) is 0. The zero-order chi connectivity index (χ0) is 25.5. The van der Waals surface area contributed by atoms with E-state index in [1.807, 2.05) is 40.1 Å². The van der Waals surface area contributed by atoms with Gasteiger partial charge in [-0.1, -0.05) is 37.3 Å². The van der Waals surface area contributed by atoms with Crippen LogP contribution in [0, 0.1) is 11.2 Å². The monoisotopic (exact) mass is 495 g/mol. The number of nitrogens with zero attached hydrogens (tertiary/aromatic N) is 3. The van der Waals surface area contributed by atoms with E-state index in [1.165, 1.54) is 12.1 Å². The Hall–Kier alpha value is -2.93. The fraction of sp³-hybridized carbons (Fsp3) is 0.517. The lowest BCUT2D eigenvalue weighted by Crippen LogP contribution is -2.51. The van der Waals surface area contributed by atoms with Gasteiger partial charge < -0.3 is 19.4 Å². The molecule has 0 aromatic heterocycles. The quantitative estimate of drug-likeness (QED) is 0.552. The molecule has 4 rings (SSSR count). The number of carbonyl (C=O) groups is 2. The number of piperidine rings is 1. The lowest BCUT2D eigenvalue weighted by molar-refractivity contribution is -0.139. The SMILES string of the molecule is CC[C@H](C(=O)N1CCC(COc2ccc(F)cc2)(CC(=O)N2CCN(C)CC2)CC1)c1ccccc1. The maximum Gasteiger partial charge on any atom is 0.230 e. The summed E-state index contributed by atoms with van der Waals surface area (Å²) in [4.78, 5) is 32.9. The molecular weight excluding hydrogens is 457 g/mol. The molecule has 2 saturated heterocycles. The number of likely N-dealkylation sites (tertiary alicyclic amines) is 1. The number of benzene rings is 2. The summed E-state index contributed by atoms with van der Waals surface area (Å²) in [6, 6.07) is 16.0. The summed E-state index contributed by atoms with van der Waals surface area (Å²) >= 11 is 0. The Kier molecular flexibility index (Phi) is 8.62. The van der Waals surface area contributed by atoms with Crippen LogP contribution < -0.4 is 4.74 Å². The Morgan fingerprint density at radius 2 is 1.56 bits per heavy atom. The van der Waals surface area contributed by atoms with Gasteiger partial charge in [0, 0.05) is 51.1 Å². The van der Waals surface area contributed by atoms with Crippen molar-refractivity contribution in [2.45, 2.75) is 38.5 Å². The summed E-state index contributed by atoms with van der Waals surface area (Å²) in [6.45, 7) is 6.87. The van der Waals surface area contributed by atoms with E-state index in [-0.39, 0.29) is 29.0 Å². The molecule has 194 valence electrons. The molecule has 0 unspecified atom stereocenters. The van der Waals surface area contributed by atoms with Crippen LogP contribution >= 0.6 is 0 Å². The normalized spacial score (nSPS) is 19.1. The van der Waals surface area contributed by atoms with Crippen LogP contribution in [0.5, 0.6) is 5.75 Å². The molecule has 2 fully saturated rings. The first-order chi connectivity index (χ1) is 17.4. The van der Waals surface area contributed by atoms with E-state index in [2.05, 4.69) is 18.9 Å². The topological polar surface area (TPSA) is 53.1 Å². The van der Waals surface area contributed by atoms with E-state index in [1.54, 1.807) is 12.1 Å². The Morgan fingerprint density at radius 1 is 0.917 bits per heavy atom. The van der Waals surface area contributed by atoms with E-state index in [4.69, 9.17) is 4.74 Å². The van der Waals surface area contributed by atoms with Gasteiger partial charge in [-0.3, -0.25) is 9.59 Å². The van der Waals surface area contributed by atoms with E-state index in [9.17, 15) is 14.0 Å². The summed E-state index contributed by atoms with van der Waals surface area (Å²) in [5.74, 6) is 0.444. The third-order valence-electron chi connectivity index (χ3n) is 7.78. The van der Waals surface area contributed by atoms with Crippen LogP contribution in [0.2, 0.25) is 0 Å². The first kappa shape index (κ1) is 26.1. The number of amides is 2. The second-order valence-corrected chi connectivity index (χ2v) is 10.3. The molecule has 2 heterocycles. The van der Waals surface area contributed by atoms with Gasteiger partial charge in [0.05, 0.1) is 12.5 Å². The highest BCUT2D eigenvalue weighted by molar-refractivity contribution is 5.84. The van der Waals surface area contributed by atoms with Crippen molar-refractivity contribution in [1.29, 1.82) is 0 Å². The van der Waals surface area contributed by atoms with Crippen molar-refractivity contribution in [3.8, 4) is 5.75 Å². The van der Waals surface area contributed by atoms with Crippen LogP contribution in [0.25, 0.3) is 0 Å². The molecule has 1 atom stereocenters. The summed E-state index contributed by atoms with van der Waals surface area (Å²) < 4.78 is 19.4. The number of piperazine rings is 1. The van der Waals surface area contributed by atoms with Gasteiger partial charge in [-0.2, -0.15) is 0 Å². The van der Waals surface area contributed by atoms with Gasteiger partial charge >= 0.3 is 0 Å². The molecule has 2 amide bonds. The molecule has 7 heteroatoms. The number of halogens is 1. The van der Waals surface area contributed by atoms with Gasteiger partial charge in [0.1, 0.15) is 11.6 Å². The summed E-state index contributed by atoms with van der Waals surface area (Å²) in [7, 11) is 2.07. The van der Waals surface area contributed by atoms with Crippen molar-refractivity contribution in [2.24, 2.45) is 5.41 Å². The number of carbonyl (C=O) groups excluding carboxylic acids is 2. The van der Waals surface area contributed by atoms with Crippen LogP contribution in [-0.2, 0) is 9.59 Å². The standard InChI is InChI=1S/C29H38FN3O3/c1-3-26(23-7-5-4-6-8-23)28(35)33-15-13-29(14-16-33,22-36-25-11-9-24(30)10-12-25)21-27(34)32-19-17-31(2)18-20-32/h4-12,26H,3,13-22H2,1-2H3/t26-/m0/s1. The van der Waals surface area contributed by atoms with Gasteiger partial charge in [0.15, 0.2) is 0 Å². The van der Waals surface area contributed by atoms with Crippen molar-refractivity contribution in [1.82, 2.24) is 14.7 Å². The highest BCUT2D eigenvalue weighted by atomic mass is 19.1. The van der Waals surface area contributed by atoms with Crippen molar-refractivity contribution in [2.75, 3.05) is 52.9 Å². The number of likely N-dealkylation sites (N-methyl/N-ethyl adjacent to an activating group) is 1. The Bertz CT molecular complexity index is 998. The highest BCUT2D eigenvalue weighted by Crippen LogP contribution is 2.38. The van der Waals surface area contributed by atoms with Gasteiger partial charge in [-0.25, -0.2) is 4.39 Å². The largest absolute Gasteiger partial charge is 0.493 e. The molecule has 0 saturated carbocycles. The Morgan fingerprint density at radius 3 is 2.17 bits per heavy atom. The van der Waals surface area contributed by atoms with Gasteiger partial charge in [0.25, 0.3) is 0 Å². The van der Waals surface area contributed by atoms with E-state index in [0.29, 0.717) is 44.7 Å². The minimum atomic E-state index is -0.361. The van der Waals surface area contributed by atoms with Crippen LogP contribution in [0.15, 0.2) is 54.6 Å². The molecule has 0 bridgehead atoms. The second kappa shape index (κ2) is 11.9. The minimum absolute atomic E-state index is 0.152. The van der Waals surface area contributed by atoms with E-state index in [0.717, 1.165) is 38.2 Å². The third kappa shape index (κ3) is 6.44. The fourth-order valence-electron chi connectivity index (χ4n) is 5.29. The maximum atomic E-state index is 13.4. The highest BCUT2D eigenvalue weighted by Gasteiger charge is 2.41. The minimum Gasteiger partial charge on any atom is -0.493 e. The lowest BCUT2D eigenvalue weighted by atomic mass is 9.75. The van der Waals surface area contributed by atoms with Gasteiger partial charge in [-0.15, -0.1) is 0 Å². The summed E-state index contributed by atoms with van der Waals surface area (Å²) in [5.41, 5.74) is 0.687. The van der Waals surface area contributed by atoms with Crippen molar-refractivity contribution in [3.05, 3.63) is 66.0 Å². The molecular formula is C29H38FN3O3. The molecule has 0 aliphatic carbocycles. The second-order valence-electron chi connectivity index (χ2n) is 10.3. The smallest absolute Gasteiger partial charge is 0.230 e. The van der Waals surface area contributed by atoms with Gasteiger partial charge in [0.2, 0.25) is 11.8 Å². The number of ether oxygens (including phenoxy) is 1. The zero-order valence-electron chi connectivity index (χ0n) is 21.5. The molecule has 2 aromatic carbocycles. The van der Waals surface area contributed by atoms with E-state index >= 15 is 0 Å². The Balaban J connectivity index is 1.44. The van der Waals surface area contributed by atoms with Crippen molar-refractivity contribution in [3.63, 3.8) is 0 Å². The Labute approximate surface area is 214 Å². The first-order valence-electron chi connectivity index (χ1n) is 13.1. The van der Waals surface area contributed by atoms with Crippen molar-refractivity contribution < 1.29 is 18.7 Å². The average molecular weight is 496 g/mol. The molecule has 2 aromatic rings. The molecule has 36 heavy (non-hydrogen) atoms. The number of hydrogen-bond acceptors (Lipinski definition) is 4. The van der Waals surface area contributed by atoms with Crippen LogP contribution in [-0.4, -0.2) is 79.4 Å². The molecule has 2 aliphatic heterocycles. The summed E-state index contributed by atoms with van der Waals surface area (Å²) in [6.07, 6.45) is 2.55. The molecule has 6 nitrogen and oxygen atoms in total. The zero-order valence-corrected chi connectivity index (χ0v) is 21.5. The van der Waals surface area contributed by atoms with Gasteiger partial charge in [-0.05, 0) is 56.1 Å². The maximum absolute atomic E-state index is 13.4.